The molecule has 29 heavy (non-hydrogen) atoms. The van der Waals surface area contributed by atoms with Gasteiger partial charge in [-0.2, -0.15) is 11.8 Å². The zero-order chi connectivity index (χ0) is 20.2. The molecular formula is C22H25N3O2S2. The van der Waals surface area contributed by atoms with Gasteiger partial charge in [-0.1, -0.05) is 12.1 Å². The van der Waals surface area contributed by atoms with Gasteiger partial charge >= 0.3 is 0 Å². The number of carbonyl (C=O) groups is 1. The normalized spacial score (nSPS) is 14.8. The summed E-state index contributed by atoms with van der Waals surface area (Å²) in [5.41, 5.74) is 2.81. The van der Waals surface area contributed by atoms with Crippen molar-refractivity contribution >= 4 is 34.7 Å². The Kier molecular flexibility index (Phi) is 6.37. The van der Waals surface area contributed by atoms with E-state index < -0.39 is 0 Å². The van der Waals surface area contributed by atoms with Crippen LogP contribution in [0.1, 0.15) is 26.7 Å². The number of amides is 1. The summed E-state index contributed by atoms with van der Waals surface area (Å²) in [5.74, 6) is 3.88. The SMILES string of the molecule is Cc1ccc(-c2nc(C)c(C(=O)Nc3ccc(CCN4CCSCC4)cc3)s2)o1. The van der Waals surface area contributed by atoms with E-state index in [9.17, 15) is 4.79 Å². The molecule has 152 valence electrons. The lowest BCUT2D eigenvalue weighted by Crippen LogP contribution is -2.34. The molecule has 1 aliphatic rings. The lowest BCUT2D eigenvalue weighted by atomic mass is 10.1. The van der Waals surface area contributed by atoms with Crippen LogP contribution in [-0.4, -0.2) is 46.9 Å². The standard InChI is InChI=1S/C22H25N3O2S2/c1-15-3-8-19(27-15)22-23-16(2)20(29-22)21(26)24-18-6-4-17(5-7-18)9-10-25-11-13-28-14-12-25/h3-8H,9-14H2,1-2H3,(H,24,26). The number of furan rings is 1. The first kappa shape index (κ1) is 20.2. The molecule has 4 rings (SSSR count). The number of rotatable bonds is 6. The van der Waals surface area contributed by atoms with Gasteiger partial charge in [0.05, 0.1) is 5.69 Å². The van der Waals surface area contributed by atoms with Gasteiger partial charge in [-0.3, -0.25) is 4.79 Å². The Morgan fingerprint density at radius 2 is 1.90 bits per heavy atom. The molecule has 1 saturated heterocycles. The third-order valence-electron chi connectivity index (χ3n) is 4.99. The topological polar surface area (TPSA) is 58.4 Å². The van der Waals surface area contributed by atoms with E-state index in [2.05, 4.69) is 27.3 Å². The van der Waals surface area contributed by atoms with Gasteiger partial charge in [0.15, 0.2) is 10.8 Å². The molecule has 3 heterocycles. The monoisotopic (exact) mass is 427 g/mol. The summed E-state index contributed by atoms with van der Waals surface area (Å²) in [6.07, 6.45) is 1.04. The minimum absolute atomic E-state index is 0.131. The lowest BCUT2D eigenvalue weighted by molar-refractivity contribution is 0.103. The number of hydrogen-bond acceptors (Lipinski definition) is 6. The van der Waals surface area contributed by atoms with Gasteiger partial charge in [0.2, 0.25) is 0 Å². The van der Waals surface area contributed by atoms with Gasteiger partial charge in [-0.15, -0.1) is 11.3 Å². The van der Waals surface area contributed by atoms with Crippen molar-refractivity contribution in [1.29, 1.82) is 0 Å². The number of nitrogens with one attached hydrogen (secondary N) is 1. The Labute approximate surface area is 179 Å². The summed E-state index contributed by atoms with van der Waals surface area (Å²) in [4.78, 5) is 20.4. The first-order chi connectivity index (χ1) is 14.1. The van der Waals surface area contributed by atoms with Crippen LogP contribution < -0.4 is 5.32 Å². The number of nitrogens with zero attached hydrogens (tertiary/aromatic N) is 2. The molecule has 0 bridgehead atoms. The summed E-state index contributed by atoms with van der Waals surface area (Å²) >= 11 is 3.39. The average molecular weight is 428 g/mol. The Morgan fingerprint density at radius 3 is 2.59 bits per heavy atom. The third-order valence-corrected chi connectivity index (χ3v) is 7.10. The first-order valence-electron chi connectivity index (χ1n) is 9.83. The second kappa shape index (κ2) is 9.15. The van der Waals surface area contributed by atoms with Crippen molar-refractivity contribution in [2.45, 2.75) is 20.3 Å². The molecule has 3 aromatic rings. The van der Waals surface area contributed by atoms with Crippen LogP contribution in [0.15, 0.2) is 40.8 Å². The van der Waals surface area contributed by atoms with E-state index in [1.165, 1.54) is 41.5 Å². The molecule has 7 heteroatoms. The van der Waals surface area contributed by atoms with E-state index in [0.29, 0.717) is 16.3 Å². The van der Waals surface area contributed by atoms with Gasteiger partial charge in [-0.25, -0.2) is 4.98 Å². The fourth-order valence-electron chi connectivity index (χ4n) is 3.32. The maximum atomic E-state index is 12.7. The zero-order valence-corrected chi connectivity index (χ0v) is 18.4. The molecule has 5 nitrogen and oxygen atoms in total. The number of aryl methyl sites for hydroxylation is 2. The molecule has 1 aliphatic heterocycles. The smallest absolute Gasteiger partial charge is 0.267 e. The number of anilines is 1. The van der Waals surface area contributed by atoms with Crippen LogP contribution in [0, 0.1) is 13.8 Å². The molecule has 0 radical (unpaired) electrons. The summed E-state index contributed by atoms with van der Waals surface area (Å²) in [7, 11) is 0. The van der Waals surface area contributed by atoms with Crippen LogP contribution in [0.5, 0.6) is 0 Å². The van der Waals surface area contributed by atoms with Gasteiger partial charge in [0.25, 0.3) is 5.91 Å². The van der Waals surface area contributed by atoms with Gasteiger partial charge in [0.1, 0.15) is 10.6 Å². The predicted molar refractivity (Wildman–Crippen MR) is 121 cm³/mol. The second-order valence-corrected chi connectivity index (χ2v) is 9.42. The second-order valence-electron chi connectivity index (χ2n) is 7.20. The quantitative estimate of drug-likeness (QED) is 0.609. The highest BCUT2D eigenvalue weighted by Gasteiger charge is 2.18. The summed E-state index contributed by atoms with van der Waals surface area (Å²) in [6.45, 7) is 7.22. The largest absolute Gasteiger partial charge is 0.459 e. The van der Waals surface area contributed by atoms with E-state index in [1.54, 1.807) is 0 Å². The molecule has 1 fully saturated rings. The Balaban J connectivity index is 1.36. The van der Waals surface area contributed by atoms with Crippen molar-refractivity contribution in [2.75, 3.05) is 36.5 Å². The summed E-state index contributed by atoms with van der Waals surface area (Å²) in [6, 6.07) is 11.9. The molecule has 0 saturated carbocycles. The molecule has 0 atom stereocenters. The maximum absolute atomic E-state index is 12.7. The predicted octanol–water partition coefficient (Wildman–Crippen LogP) is 4.86. The van der Waals surface area contributed by atoms with E-state index in [-0.39, 0.29) is 5.91 Å². The van der Waals surface area contributed by atoms with Crippen LogP contribution in [0.4, 0.5) is 5.69 Å². The van der Waals surface area contributed by atoms with Crippen molar-refractivity contribution in [1.82, 2.24) is 9.88 Å². The molecule has 1 N–H and O–H groups in total. The number of aromatic nitrogens is 1. The summed E-state index contributed by atoms with van der Waals surface area (Å²) in [5, 5.41) is 3.72. The van der Waals surface area contributed by atoms with E-state index in [0.717, 1.165) is 29.4 Å². The fourth-order valence-corrected chi connectivity index (χ4v) is 5.22. The van der Waals surface area contributed by atoms with Crippen molar-refractivity contribution < 1.29 is 9.21 Å². The Hall–Kier alpha value is -2.09. The van der Waals surface area contributed by atoms with Crippen LogP contribution in [0.3, 0.4) is 0 Å². The van der Waals surface area contributed by atoms with Gasteiger partial charge in [0, 0.05) is 36.8 Å². The molecular weight excluding hydrogens is 402 g/mol. The molecule has 0 spiro atoms. The van der Waals surface area contributed by atoms with Crippen molar-refractivity contribution in [3.05, 3.63) is 58.3 Å². The van der Waals surface area contributed by atoms with Gasteiger partial charge in [-0.05, 0) is 50.1 Å². The van der Waals surface area contributed by atoms with Crippen molar-refractivity contribution in [3.63, 3.8) is 0 Å². The number of thioether (sulfide) groups is 1. The van der Waals surface area contributed by atoms with Crippen LogP contribution in [0.2, 0.25) is 0 Å². The number of carbonyl (C=O) groups excluding carboxylic acids is 1. The molecule has 0 unspecified atom stereocenters. The molecule has 1 aromatic carbocycles. The van der Waals surface area contributed by atoms with Crippen LogP contribution in [-0.2, 0) is 6.42 Å². The first-order valence-corrected chi connectivity index (χ1v) is 11.8. The number of thiazole rings is 1. The average Bonchev–Trinajstić information content (AvgIpc) is 3.34. The number of benzene rings is 1. The van der Waals surface area contributed by atoms with E-state index in [1.807, 2.05) is 49.9 Å². The molecule has 0 aliphatic carbocycles. The summed E-state index contributed by atoms with van der Waals surface area (Å²) < 4.78 is 5.63. The van der Waals surface area contributed by atoms with Crippen LogP contribution in [0.25, 0.3) is 10.8 Å². The highest BCUT2D eigenvalue weighted by molar-refractivity contribution is 7.99. The third kappa shape index (κ3) is 5.10. The molecule has 1 amide bonds. The van der Waals surface area contributed by atoms with Crippen molar-refractivity contribution in [2.24, 2.45) is 0 Å². The fraction of sp³-hybridized carbons (Fsp3) is 0.364. The Bertz CT molecular complexity index is 972. The lowest BCUT2D eigenvalue weighted by Gasteiger charge is -2.26. The van der Waals surface area contributed by atoms with E-state index in [4.69, 9.17) is 4.42 Å². The highest BCUT2D eigenvalue weighted by atomic mass is 32.2. The minimum Gasteiger partial charge on any atom is -0.459 e. The van der Waals surface area contributed by atoms with Crippen molar-refractivity contribution in [3.8, 4) is 10.8 Å². The Morgan fingerprint density at radius 1 is 1.14 bits per heavy atom. The van der Waals surface area contributed by atoms with Gasteiger partial charge < -0.3 is 14.6 Å². The zero-order valence-electron chi connectivity index (χ0n) is 16.7. The maximum Gasteiger partial charge on any atom is 0.267 e. The van der Waals surface area contributed by atoms with Crippen LogP contribution >= 0.6 is 23.1 Å². The van der Waals surface area contributed by atoms with E-state index >= 15 is 0 Å². The number of hydrogen-bond donors (Lipinski definition) is 1. The molecule has 2 aromatic heterocycles. The minimum atomic E-state index is -0.131. The highest BCUT2D eigenvalue weighted by Crippen LogP contribution is 2.29.